The molecular weight excluding hydrogens is 462 g/mol. The Bertz CT molecular complexity index is 1170. The van der Waals surface area contributed by atoms with Crippen LogP contribution in [-0.4, -0.2) is 41.3 Å². The molecule has 0 saturated carbocycles. The monoisotopic (exact) mass is 494 g/mol. The van der Waals surface area contributed by atoms with Gasteiger partial charge < -0.3 is 14.4 Å². The molecule has 3 aromatic rings. The molecule has 2 aliphatic heterocycles. The molecule has 8 heteroatoms. The topological polar surface area (TPSA) is 60.4 Å². The predicted molar refractivity (Wildman–Crippen MR) is 134 cm³/mol. The highest BCUT2D eigenvalue weighted by Gasteiger charge is 2.24. The third-order valence-electron chi connectivity index (χ3n) is 7.14. The number of hydrogen-bond acceptors (Lipinski definition) is 6. The molecular formula is C28H32F2N4O2. The van der Waals surface area contributed by atoms with E-state index in [1.165, 1.54) is 12.1 Å². The molecule has 190 valence electrons. The molecule has 2 aliphatic rings. The van der Waals surface area contributed by atoms with Crippen LogP contribution in [0.1, 0.15) is 55.7 Å². The van der Waals surface area contributed by atoms with E-state index in [0.717, 1.165) is 74.7 Å². The second-order valence-electron chi connectivity index (χ2n) is 9.63. The standard InChI is InChI=1S/C28H32F2N4O2/c1-3-19-15-31-28(32-16-19)34-10-8-20(9-11-34)17-36-27-23(29)13-21(14-24(27)30)22-6-7-25(33-18(22)2)26-5-4-12-35-26/h6-7,13-16,20,26H,3-5,8-12,17H2,1-2H3. The fraction of sp³-hybridized carbons (Fsp3) is 0.464. The SMILES string of the molecule is CCc1cnc(N2CCC(COc3c(F)cc(-c4ccc(C5CCCO5)nc4C)cc3F)CC2)nc1. The first kappa shape index (κ1) is 24.6. The highest BCUT2D eigenvalue weighted by molar-refractivity contribution is 5.67. The summed E-state index contributed by atoms with van der Waals surface area (Å²) < 4.78 is 41.2. The van der Waals surface area contributed by atoms with Gasteiger partial charge in [0.2, 0.25) is 5.95 Å². The van der Waals surface area contributed by atoms with Gasteiger partial charge in [0.1, 0.15) is 0 Å². The minimum absolute atomic E-state index is 0.00278. The summed E-state index contributed by atoms with van der Waals surface area (Å²) in [7, 11) is 0. The van der Waals surface area contributed by atoms with Crippen molar-refractivity contribution in [3.05, 3.63) is 65.2 Å². The fourth-order valence-electron chi connectivity index (χ4n) is 4.92. The molecule has 0 N–H and O–H groups in total. The molecule has 1 unspecified atom stereocenters. The normalized spacial score (nSPS) is 18.6. The van der Waals surface area contributed by atoms with E-state index in [1.54, 1.807) is 0 Å². The number of nitrogens with zero attached hydrogens (tertiary/aromatic N) is 4. The quantitative estimate of drug-likeness (QED) is 0.412. The summed E-state index contributed by atoms with van der Waals surface area (Å²) in [5.41, 5.74) is 3.84. The lowest BCUT2D eigenvalue weighted by Crippen LogP contribution is -2.36. The number of aryl methyl sites for hydroxylation is 2. The van der Waals surface area contributed by atoms with Crippen LogP contribution in [0.4, 0.5) is 14.7 Å². The summed E-state index contributed by atoms with van der Waals surface area (Å²) in [6, 6.07) is 6.40. The highest BCUT2D eigenvalue weighted by atomic mass is 19.1. The van der Waals surface area contributed by atoms with Crippen LogP contribution in [0.2, 0.25) is 0 Å². The van der Waals surface area contributed by atoms with Crippen LogP contribution in [0, 0.1) is 24.5 Å². The predicted octanol–water partition coefficient (Wildman–Crippen LogP) is 5.83. The van der Waals surface area contributed by atoms with Crippen LogP contribution in [0.15, 0.2) is 36.7 Å². The Morgan fingerprint density at radius 2 is 1.78 bits per heavy atom. The Hall–Kier alpha value is -3.13. The fourth-order valence-corrected chi connectivity index (χ4v) is 4.92. The van der Waals surface area contributed by atoms with E-state index in [0.29, 0.717) is 11.1 Å². The Kier molecular flexibility index (Phi) is 7.41. The Labute approximate surface area is 210 Å². The molecule has 1 atom stereocenters. The number of aromatic nitrogens is 3. The van der Waals surface area contributed by atoms with Crippen LogP contribution < -0.4 is 9.64 Å². The smallest absolute Gasteiger partial charge is 0.225 e. The number of piperidine rings is 1. The Morgan fingerprint density at radius 3 is 2.39 bits per heavy atom. The first-order valence-electron chi connectivity index (χ1n) is 12.8. The third kappa shape index (κ3) is 5.33. The van der Waals surface area contributed by atoms with Gasteiger partial charge in [0.05, 0.1) is 18.4 Å². The molecule has 2 saturated heterocycles. The zero-order chi connectivity index (χ0) is 25.1. The van der Waals surface area contributed by atoms with Crippen LogP contribution >= 0.6 is 0 Å². The number of halogens is 2. The van der Waals surface area contributed by atoms with Gasteiger partial charge in [-0.2, -0.15) is 0 Å². The number of ether oxygens (including phenoxy) is 2. The number of rotatable bonds is 7. The summed E-state index contributed by atoms with van der Waals surface area (Å²) in [6.07, 6.45) is 8.30. The first-order chi connectivity index (χ1) is 17.5. The molecule has 0 bridgehead atoms. The summed E-state index contributed by atoms with van der Waals surface area (Å²) in [4.78, 5) is 15.7. The van der Waals surface area contributed by atoms with Crippen LogP contribution in [0.3, 0.4) is 0 Å². The second-order valence-corrected chi connectivity index (χ2v) is 9.63. The van der Waals surface area contributed by atoms with Crippen LogP contribution in [0.5, 0.6) is 5.75 Å². The van der Waals surface area contributed by atoms with Gasteiger partial charge in [-0.05, 0) is 74.3 Å². The molecule has 0 aliphatic carbocycles. The van der Waals surface area contributed by atoms with E-state index < -0.39 is 11.6 Å². The number of benzene rings is 1. The molecule has 36 heavy (non-hydrogen) atoms. The molecule has 0 radical (unpaired) electrons. The summed E-state index contributed by atoms with van der Waals surface area (Å²) in [5.74, 6) is -0.774. The van der Waals surface area contributed by atoms with Gasteiger partial charge in [-0.15, -0.1) is 0 Å². The summed E-state index contributed by atoms with van der Waals surface area (Å²) >= 11 is 0. The summed E-state index contributed by atoms with van der Waals surface area (Å²) in [5, 5.41) is 0. The van der Waals surface area contributed by atoms with E-state index in [1.807, 2.05) is 31.5 Å². The zero-order valence-electron chi connectivity index (χ0n) is 20.8. The van der Waals surface area contributed by atoms with E-state index in [2.05, 4.69) is 26.8 Å². The van der Waals surface area contributed by atoms with Crippen molar-refractivity contribution in [1.29, 1.82) is 0 Å². The van der Waals surface area contributed by atoms with Gasteiger partial charge in [0.25, 0.3) is 0 Å². The average Bonchev–Trinajstić information content (AvgIpc) is 3.44. The second kappa shape index (κ2) is 10.9. The van der Waals surface area contributed by atoms with E-state index >= 15 is 0 Å². The van der Waals surface area contributed by atoms with Gasteiger partial charge >= 0.3 is 0 Å². The van der Waals surface area contributed by atoms with Crippen LogP contribution in [-0.2, 0) is 11.2 Å². The van der Waals surface area contributed by atoms with Crippen molar-refractivity contribution in [2.45, 2.75) is 52.1 Å². The van der Waals surface area contributed by atoms with Gasteiger partial charge in [-0.1, -0.05) is 13.0 Å². The Balaban J connectivity index is 1.20. The lowest BCUT2D eigenvalue weighted by atomic mass is 9.98. The molecule has 5 rings (SSSR count). The third-order valence-corrected chi connectivity index (χ3v) is 7.14. The minimum Gasteiger partial charge on any atom is -0.487 e. The summed E-state index contributed by atoms with van der Waals surface area (Å²) in [6.45, 7) is 6.52. The van der Waals surface area contributed by atoms with E-state index in [-0.39, 0.29) is 24.4 Å². The van der Waals surface area contributed by atoms with Crippen molar-refractivity contribution < 1.29 is 18.3 Å². The van der Waals surface area contributed by atoms with Gasteiger partial charge in [0, 0.05) is 43.3 Å². The van der Waals surface area contributed by atoms with Crippen molar-refractivity contribution in [2.24, 2.45) is 5.92 Å². The Morgan fingerprint density at radius 1 is 1.06 bits per heavy atom. The zero-order valence-corrected chi connectivity index (χ0v) is 20.8. The van der Waals surface area contributed by atoms with E-state index in [9.17, 15) is 8.78 Å². The van der Waals surface area contributed by atoms with Crippen molar-refractivity contribution in [2.75, 3.05) is 31.2 Å². The number of hydrogen-bond donors (Lipinski definition) is 0. The largest absolute Gasteiger partial charge is 0.487 e. The van der Waals surface area contributed by atoms with Crippen molar-refractivity contribution >= 4 is 5.95 Å². The lowest BCUT2D eigenvalue weighted by molar-refractivity contribution is 0.108. The maximum atomic E-state index is 14.9. The molecule has 0 amide bonds. The maximum Gasteiger partial charge on any atom is 0.225 e. The van der Waals surface area contributed by atoms with Crippen molar-refractivity contribution in [3.63, 3.8) is 0 Å². The van der Waals surface area contributed by atoms with Crippen molar-refractivity contribution in [1.82, 2.24) is 15.0 Å². The van der Waals surface area contributed by atoms with Gasteiger partial charge in [-0.25, -0.2) is 18.7 Å². The highest BCUT2D eigenvalue weighted by Crippen LogP contribution is 2.33. The molecule has 2 aromatic heterocycles. The van der Waals surface area contributed by atoms with Gasteiger partial charge in [-0.3, -0.25) is 4.98 Å². The first-order valence-corrected chi connectivity index (χ1v) is 12.8. The molecule has 0 spiro atoms. The molecule has 4 heterocycles. The lowest BCUT2D eigenvalue weighted by Gasteiger charge is -2.31. The minimum atomic E-state index is -0.700. The van der Waals surface area contributed by atoms with E-state index in [4.69, 9.17) is 9.47 Å². The van der Waals surface area contributed by atoms with Crippen molar-refractivity contribution in [3.8, 4) is 16.9 Å². The molecule has 6 nitrogen and oxygen atoms in total. The van der Waals surface area contributed by atoms with Crippen LogP contribution in [0.25, 0.3) is 11.1 Å². The molecule has 1 aromatic carbocycles. The number of pyridine rings is 1. The van der Waals surface area contributed by atoms with Gasteiger partial charge in [0.15, 0.2) is 17.4 Å². The average molecular weight is 495 g/mol. The maximum absolute atomic E-state index is 14.9. The molecule has 2 fully saturated rings. The number of anilines is 1.